The molecule has 2 aromatic rings. The van der Waals surface area contributed by atoms with E-state index in [2.05, 4.69) is 4.98 Å². The van der Waals surface area contributed by atoms with Gasteiger partial charge in [0, 0.05) is 28.5 Å². The number of alkyl halides is 2. The number of methoxy groups -OCH3 is 1. The predicted molar refractivity (Wildman–Crippen MR) is 208 cm³/mol. The van der Waals surface area contributed by atoms with Crippen molar-refractivity contribution in [2.75, 3.05) is 13.7 Å². The number of benzene rings is 1. The van der Waals surface area contributed by atoms with Crippen LogP contribution >= 0.6 is 0 Å². The molecule has 1 N–H and O–H groups in total. The minimum Gasteiger partial charge on any atom is -0.494 e. The molecular weight excluding hydrogens is 780 g/mol. The van der Waals surface area contributed by atoms with Crippen LogP contribution < -0.4 is 14.2 Å². The van der Waals surface area contributed by atoms with Crippen molar-refractivity contribution in [3.8, 4) is 11.6 Å². The number of fused-ring (bicyclic) bond motifs is 3. The van der Waals surface area contributed by atoms with Gasteiger partial charge in [-0.05, 0) is 101 Å². The van der Waals surface area contributed by atoms with Gasteiger partial charge < -0.3 is 19.1 Å². The molecule has 1 aromatic heterocycles. The molecule has 2 aliphatic carbocycles. The number of allylic oxidation sites excluding steroid dienone is 2. The highest BCUT2D eigenvalue weighted by Crippen LogP contribution is 2.58. The molecule has 1 saturated heterocycles. The summed E-state index contributed by atoms with van der Waals surface area (Å²) in [6.07, 6.45) is 1.69. The Hall–Kier alpha value is -4.21. The molecule has 1 aromatic carbocycles. The first kappa shape index (κ1) is 39.3. The summed E-state index contributed by atoms with van der Waals surface area (Å²) in [7, 11) is -3.39. The Morgan fingerprint density at radius 2 is 1.93 bits per heavy atom. The SMILES string of the molecule is [2H]C([2H])([2H])C1(S(=O)(=O)NC(=O)[C@]23CC(=O)[C@@H]4C[C@@H](Oc5nccc6cc(OC)c(F)cc56)CN4C(=O)[C@@H](CC(=O)OC(C)(C)C(F)F)[C@H](CC)C[C@@H](C)CC/C=C\[C@@H]2C3)CC1. The van der Waals surface area contributed by atoms with E-state index in [1.54, 1.807) is 12.1 Å². The van der Waals surface area contributed by atoms with Crippen LogP contribution in [-0.4, -0.2) is 84.4 Å². The lowest BCUT2D eigenvalue weighted by molar-refractivity contribution is -0.174. The predicted octanol–water partition coefficient (Wildman–Crippen LogP) is 6.69. The normalized spacial score (nSPS) is 30.4. The fourth-order valence-electron chi connectivity index (χ4n) is 8.37. The van der Waals surface area contributed by atoms with Gasteiger partial charge in [-0.15, -0.1) is 0 Å². The Morgan fingerprint density at radius 3 is 2.59 bits per heavy atom. The molecule has 2 amide bonds. The van der Waals surface area contributed by atoms with Crippen LogP contribution in [0.3, 0.4) is 0 Å². The molecule has 4 aliphatic rings. The number of carbonyl (C=O) groups excluding carboxylic acids is 4. The fraction of sp³-hybridized carbons (Fsp3) is 0.643. The summed E-state index contributed by atoms with van der Waals surface area (Å²) in [6, 6.07) is 2.99. The van der Waals surface area contributed by atoms with Crippen LogP contribution in [0.4, 0.5) is 13.2 Å². The van der Waals surface area contributed by atoms with E-state index in [-0.39, 0.29) is 55.2 Å². The van der Waals surface area contributed by atoms with E-state index >= 15 is 4.79 Å². The average Bonchev–Trinajstić information content (AvgIpc) is 4.09. The van der Waals surface area contributed by atoms with Gasteiger partial charge in [0.1, 0.15) is 6.10 Å². The highest BCUT2D eigenvalue weighted by molar-refractivity contribution is 7.91. The van der Waals surface area contributed by atoms with E-state index in [1.165, 1.54) is 30.3 Å². The number of pyridine rings is 1. The number of Topliss-reactive ketones (excluding diaryl/α,β-unsaturated/α-hetero) is 1. The molecule has 2 saturated carbocycles. The molecule has 58 heavy (non-hydrogen) atoms. The number of hydrogen-bond acceptors (Lipinski definition) is 10. The highest BCUT2D eigenvalue weighted by Gasteiger charge is 2.63. The molecule has 0 radical (unpaired) electrons. The zero-order chi connectivity index (χ0) is 44.9. The molecule has 318 valence electrons. The first-order valence-corrected chi connectivity index (χ1v) is 21.3. The molecule has 12 nitrogen and oxygen atoms in total. The highest BCUT2D eigenvalue weighted by atomic mass is 32.2. The van der Waals surface area contributed by atoms with Gasteiger partial charge in [0.25, 0.3) is 6.43 Å². The Labute approximate surface area is 341 Å². The molecule has 16 heteroatoms. The summed E-state index contributed by atoms with van der Waals surface area (Å²) in [6.45, 7) is 2.84. The topological polar surface area (TPSA) is 158 Å². The number of halogens is 3. The van der Waals surface area contributed by atoms with E-state index in [0.29, 0.717) is 31.1 Å². The van der Waals surface area contributed by atoms with Gasteiger partial charge in [-0.25, -0.2) is 26.6 Å². The van der Waals surface area contributed by atoms with Crippen molar-refractivity contribution < 1.29 is 59.1 Å². The van der Waals surface area contributed by atoms with E-state index in [0.717, 1.165) is 13.8 Å². The van der Waals surface area contributed by atoms with Crippen molar-refractivity contribution in [1.29, 1.82) is 0 Å². The first-order chi connectivity index (χ1) is 28.5. The molecule has 3 heterocycles. The number of ether oxygens (including phenoxy) is 3. The molecule has 0 spiro atoms. The van der Waals surface area contributed by atoms with E-state index < -0.39 is 111 Å². The van der Waals surface area contributed by atoms with Crippen LogP contribution in [0.1, 0.15) is 103 Å². The molecule has 0 bridgehead atoms. The number of aromatic nitrogens is 1. The second kappa shape index (κ2) is 16.4. The maximum atomic E-state index is 15.0. The van der Waals surface area contributed by atoms with Crippen LogP contribution in [0.25, 0.3) is 10.8 Å². The van der Waals surface area contributed by atoms with Crippen molar-refractivity contribution in [1.82, 2.24) is 14.6 Å². The molecule has 3 fully saturated rings. The minimum atomic E-state index is -4.71. The largest absolute Gasteiger partial charge is 0.494 e. The Morgan fingerprint density at radius 1 is 1.19 bits per heavy atom. The van der Waals surface area contributed by atoms with Crippen molar-refractivity contribution in [3.05, 3.63) is 42.4 Å². The Bertz CT molecular complexity index is 2190. The van der Waals surface area contributed by atoms with Crippen LogP contribution in [0, 0.1) is 34.9 Å². The van der Waals surface area contributed by atoms with Crippen molar-refractivity contribution in [2.24, 2.45) is 29.1 Å². The summed E-state index contributed by atoms with van der Waals surface area (Å²) in [4.78, 5) is 62.9. The maximum absolute atomic E-state index is 15.0. The average molecular weight is 837 g/mol. The number of nitrogens with zero attached hydrogens (tertiary/aromatic N) is 2. The second-order valence-electron chi connectivity index (χ2n) is 17.0. The molecular formula is C42H54F3N3O9S. The van der Waals surface area contributed by atoms with Crippen LogP contribution in [0.2, 0.25) is 0 Å². The molecule has 2 aliphatic heterocycles. The summed E-state index contributed by atoms with van der Waals surface area (Å²) in [5.74, 6) is -6.14. The second-order valence-corrected chi connectivity index (χ2v) is 19.0. The van der Waals surface area contributed by atoms with Crippen molar-refractivity contribution in [2.45, 2.75) is 128 Å². The monoisotopic (exact) mass is 836 g/mol. The summed E-state index contributed by atoms with van der Waals surface area (Å²) in [5.41, 5.74) is -3.73. The van der Waals surface area contributed by atoms with E-state index in [9.17, 15) is 36.0 Å². The van der Waals surface area contributed by atoms with Crippen molar-refractivity contribution in [3.63, 3.8) is 0 Å². The quantitative estimate of drug-likeness (QED) is 0.191. The van der Waals surface area contributed by atoms with Gasteiger partial charge in [-0.2, -0.15) is 0 Å². The summed E-state index contributed by atoms with van der Waals surface area (Å²) >= 11 is 0. The maximum Gasteiger partial charge on any atom is 0.307 e. The standard InChI is InChI=1S/C42H54F3N3O9S/c1-7-25-16-24(2)10-8-9-11-27-21-42(27,39(52)47-58(53,54)41(5)13-14-41)22-33(49)32-18-28(56-36-29-19-31(43)34(55-6)17-26(29)12-15-46-36)23-48(32)37(51)30(25)20-35(50)57-40(3,4)38(44)45/h9,11-12,15,17,19,24-25,27-28,30,32,38H,7-8,10,13-14,16,18,20-23H2,1-6H3,(H,47,52)/b11-9-/t24-,25+,27+,28+,30-,32-,42+/m0/s1/i5D3. The molecule has 6 rings (SSSR count). The van der Waals surface area contributed by atoms with Gasteiger partial charge in [0.05, 0.1) is 42.2 Å². The van der Waals surface area contributed by atoms with Gasteiger partial charge in [-0.1, -0.05) is 32.4 Å². The van der Waals surface area contributed by atoms with Crippen LogP contribution in [0.5, 0.6) is 11.6 Å². The third kappa shape index (κ3) is 8.86. The third-order valence-corrected chi connectivity index (χ3v) is 14.2. The van der Waals surface area contributed by atoms with E-state index in [1.807, 2.05) is 24.6 Å². The number of hydrogen-bond donors (Lipinski definition) is 1. The number of esters is 1. The van der Waals surface area contributed by atoms with Crippen molar-refractivity contribution >= 4 is 44.4 Å². The van der Waals surface area contributed by atoms with Crippen LogP contribution in [0.15, 0.2) is 36.5 Å². The Balaban J connectivity index is 1.38. The lowest BCUT2D eigenvalue weighted by Crippen LogP contribution is -2.48. The first-order valence-electron chi connectivity index (χ1n) is 21.3. The van der Waals surface area contributed by atoms with E-state index in [4.69, 9.17) is 18.3 Å². The Kier molecular flexibility index (Phi) is 11.1. The number of ketones is 1. The third-order valence-electron chi connectivity index (χ3n) is 12.3. The zero-order valence-corrected chi connectivity index (χ0v) is 34.2. The summed E-state index contributed by atoms with van der Waals surface area (Å²) < 4.78 is 110. The minimum absolute atomic E-state index is 0.000820. The lowest BCUT2D eigenvalue weighted by Gasteiger charge is -2.34. The van der Waals surface area contributed by atoms with Crippen LogP contribution in [-0.2, 0) is 33.9 Å². The van der Waals surface area contributed by atoms with Gasteiger partial charge in [0.2, 0.25) is 27.7 Å². The van der Waals surface area contributed by atoms with Gasteiger partial charge in [-0.3, -0.25) is 23.9 Å². The smallest absolute Gasteiger partial charge is 0.307 e. The zero-order valence-electron chi connectivity index (χ0n) is 36.4. The van der Waals surface area contributed by atoms with Gasteiger partial charge >= 0.3 is 5.97 Å². The number of carbonyl (C=O) groups is 4. The number of amides is 2. The number of nitrogens with one attached hydrogen (secondary N) is 1. The number of sulfonamides is 1. The fourth-order valence-corrected chi connectivity index (χ4v) is 9.65. The molecule has 7 atom stereocenters. The number of rotatable bonds is 11. The van der Waals surface area contributed by atoms with Gasteiger partial charge in [0.15, 0.2) is 23.0 Å². The lowest BCUT2D eigenvalue weighted by atomic mass is 9.79. The summed E-state index contributed by atoms with van der Waals surface area (Å²) in [5, 5.41) is 0.802. The molecule has 0 unspecified atom stereocenters.